The van der Waals surface area contributed by atoms with Crippen molar-refractivity contribution in [1.29, 1.82) is 0 Å². The van der Waals surface area contributed by atoms with E-state index in [4.69, 9.17) is 16.0 Å². The molecule has 10 heteroatoms. The molecule has 1 N–H and O–H groups in total. The van der Waals surface area contributed by atoms with E-state index in [1.54, 1.807) is 12.1 Å². The number of hydrogen-bond acceptors (Lipinski definition) is 4. The first-order chi connectivity index (χ1) is 15.2. The minimum Gasteiger partial charge on any atom is -0.457 e. The van der Waals surface area contributed by atoms with Crippen molar-refractivity contribution >= 4 is 46.4 Å². The summed E-state index contributed by atoms with van der Waals surface area (Å²) in [5.41, 5.74) is -0.224. The molecule has 2 amide bonds. The van der Waals surface area contributed by atoms with Gasteiger partial charge in [-0.1, -0.05) is 23.7 Å². The highest BCUT2D eigenvalue weighted by Gasteiger charge is 2.30. The lowest BCUT2D eigenvalue weighted by Gasteiger charge is -2.07. The molecule has 2 aromatic carbocycles. The number of halogens is 4. The molecule has 3 aromatic rings. The van der Waals surface area contributed by atoms with Gasteiger partial charge in [-0.3, -0.25) is 9.59 Å². The van der Waals surface area contributed by atoms with Crippen LogP contribution in [0.1, 0.15) is 21.7 Å². The van der Waals surface area contributed by atoms with Crippen LogP contribution in [0, 0.1) is 0 Å². The van der Waals surface area contributed by atoms with E-state index in [1.165, 1.54) is 42.5 Å². The molecule has 0 unspecified atom stereocenters. The Bertz CT molecular complexity index is 1260. The third-order valence-electron chi connectivity index (χ3n) is 4.32. The van der Waals surface area contributed by atoms with Crippen LogP contribution in [0.2, 0.25) is 5.02 Å². The van der Waals surface area contributed by atoms with Gasteiger partial charge in [0.15, 0.2) is 5.17 Å². The van der Waals surface area contributed by atoms with Gasteiger partial charge in [-0.2, -0.15) is 18.2 Å². The van der Waals surface area contributed by atoms with Crippen LogP contribution in [-0.4, -0.2) is 17.0 Å². The van der Waals surface area contributed by atoms with Crippen LogP contribution >= 0.6 is 23.4 Å². The van der Waals surface area contributed by atoms with Crippen LogP contribution in [0.15, 0.2) is 75.0 Å². The number of amides is 2. The van der Waals surface area contributed by atoms with E-state index >= 15 is 0 Å². The van der Waals surface area contributed by atoms with Crippen molar-refractivity contribution in [1.82, 2.24) is 5.32 Å². The fourth-order valence-electron chi connectivity index (χ4n) is 2.79. The van der Waals surface area contributed by atoms with Crippen molar-refractivity contribution in [2.24, 2.45) is 4.99 Å². The molecule has 1 aromatic heterocycles. The van der Waals surface area contributed by atoms with E-state index in [1.807, 2.05) is 0 Å². The highest BCUT2D eigenvalue weighted by molar-refractivity contribution is 8.18. The zero-order valence-electron chi connectivity index (χ0n) is 15.9. The van der Waals surface area contributed by atoms with Crippen LogP contribution in [0.25, 0.3) is 17.4 Å². The second-order valence-corrected chi connectivity index (χ2v) is 8.04. The molecule has 0 spiro atoms. The molecule has 1 aliphatic rings. The number of aliphatic imine (C=N–C) groups is 1. The number of carbonyl (C=O) groups is 2. The van der Waals surface area contributed by atoms with Crippen LogP contribution in [-0.2, 0) is 11.0 Å². The summed E-state index contributed by atoms with van der Waals surface area (Å²) in [4.78, 5) is 28.5. The van der Waals surface area contributed by atoms with Gasteiger partial charge in [0, 0.05) is 22.2 Å². The quantitative estimate of drug-likeness (QED) is 0.469. The van der Waals surface area contributed by atoms with Crippen molar-refractivity contribution in [2.45, 2.75) is 6.18 Å². The molecular weight excluding hydrogens is 465 g/mol. The SMILES string of the molecule is O=C1NC(=NC(=O)c2ccc(Cl)cc2)S/C1=C\c1ccc(-c2cccc(C(F)(F)F)c2)o1. The van der Waals surface area contributed by atoms with E-state index in [0.717, 1.165) is 23.9 Å². The Labute approximate surface area is 189 Å². The fraction of sp³-hybridized carbons (Fsp3) is 0.0455. The zero-order chi connectivity index (χ0) is 22.9. The maximum absolute atomic E-state index is 12.9. The molecule has 0 atom stereocenters. The Kier molecular flexibility index (Phi) is 5.94. The molecule has 32 heavy (non-hydrogen) atoms. The highest BCUT2D eigenvalue weighted by atomic mass is 35.5. The van der Waals surface area contributed by atoms with Crippen LogP contribution in [0.4, 0.5) is 13.2 Å². The Hall–Kier alpha value is -3.30. The summed E-state index contributed by atoms with van der Waals surface area (Å²) >= 11 is 6.74. The standard InChI is InChI=1S/C22H12ClF3N2O3S/c23-15-6-4-12(5-7-15)19(29)27-21-28-20(30)18(32-21)11-16-8-9-17(31-16)13-2-1-3-14(10-13)22(24,25)26/h1-11H,(H,27,28,29,30)/b18-11-. The Morgan fingerprint density at radius 1 is 1.09 bits per heavy atom. The van der Waals surface area contributed by atoms with Crippen molar-refractivity contribution in [3.8, 4) is 11.3 Å². The predicted molar refractivity (Wildman–Crippen MR) is 116 cm³/mol. The average molecular weight is 477 g/mol. The number of nitrogens with zero attached hydrogens (tertiary/aromatic N) is 1. The van der Waals surface area contributed by atoms with Crippen molar-refractivity contribution in [2.75, 3.05) is 0 Å². The largest absolute Gasteiger partial charge is 0.457 e. The number of benzene rings is 2. The van der Waals surface area contributed by atoms with E-state index in [2.05, 4.69) is 10.3 Å². The maximum Gasteiger partial charge on any atom is 0.416 e. The molecule has 0 aliphatic carbocycles. The smallest absolute Gasteiger partial charge is 0.416 e. The normalized spacial score (nSPS) is 16.6. The summed E-state index contributed by atoms with van der Waals surface area (Å²) < 4.78 is 44.4. The molecule has 5 nitrogen and oxygen atoms in total. The lowest BCUT2D eigenvalue weighted by atomic mass is 10.1. The molecule has 0 bridgehead atoms. The van der Waals surface area contributed by atoms with Gasteiger partial charge in [0.1, 0.15) is 11.5 Å². The van der Waals surface area contributed by atoms with Crippen molar-refractivity contribution in [3.05, 3.63) is 87.5 Å². The zero-order valence-corrected chi connectivity index (χ0v) is 17.5. The number of thioether (sulfide) groups is 1. The van der Waals surface area contributed by atoms with E-state index in [9.17, 15) is 22.8 Å². The van der Waals surface area contributed by atoms with Gasteiger partial charge in [0.25, 0.3) is 11.8 Å². The second-order valence-electron chi connectivity index (χ2n) is 6.57. The number of nitrogens with one attached hydrogen (secondary N) is 1. The third-order valence-corrected chi connectivity index (χ3v) is 5.48. The van der Waals surface area contributed by atoms with Gasteiger partial charge < -0.3 is 9.73 Å². The molecule has 2 heterocycles. The maximum atomic E-state index is 12.9. The van der Waals surface area contributed by atoms with Crippen LogP contribution in [0.5, 0.6) is 0 Å². The van der Waals surface area contributed by atoms with E-state index in [0.29, 0.717) is 10.6 Å². The van der Waals surface area contributed by atoms with Crippen LogP contribution < -0.4 is 5.32 Å². The minimum absolute atomic E-state index is 0.103. The van der Waals surface area contributed by atoms with Crippen molar-refractivity contribution in [3.63, 3.8) is 0 Å². The third kappa shape index (κ3) is 4.95. The molecule has 0 radical (unpaired) electrons. The van der Waals surface area contributed by atoms with E-state index < -0.39 is 23.6 Å². The molecule has 0 saturated carbocycles. The fourth-order valence-corrected chi connectivity index (χ4v) is 3.72. The Morgan fingerprint density at radius 3 is 2.56 bits per heavy atom. The monoisotopic (exact) mass is 476 g/mol. The molecule has 4 rings (SSSR count). The topological polar surface area (TPSA) is 71.7 Å². The summed E-state index contributed by atoms with van der Waals surface area (Å²) in [5.74, 6) is -0.538. The average Bonchev–Trinajstić information content (AvgIpc) is 3.35. The number of alkyl halides is 3. The summed E-state index contributed by atoms with van der Waals surface area (Å²) in [6, 6.07) is 13.9. The van der Waals surface area contributed by atoms with Gasteiger partial charge in [-0.05, 0) is 60.3 Å². The van der Waals surface area contributed by atoms with Gasteiger partial charge in [0.2, 0.25) is 0 Å². The lowest BCUT2D eigenvalue weighted by molar-refractivity contribution is -0.137. The van der Waals surface area contributed by atoms with E-state index in [-0.39, 0.29) is 27.2 Å². The summed E-state index contributed by atoms with van der Waals surface area (Å²) in [5, 5.41) is 3.07. The van der Waals surface area contributed by atoms with Gasteiger partial charge in [-0.15, -0.1) is 0 Å². The highest BCUT2D eigenvalue weighted by Crippen LogP contribution is 2.33. The first-order valence-corrected chi connectivity index (χ1v) is 10.3. The molecular formula is C22H12ClF3N2O3S. The number of hydrogen-bond donors (Lipinski definition) is 1. The number of rotatable bonds is 3. The van der Waals surface area contributed by atoms with Gasteiger partial charge in [-0.25, -0.2) is 0 Å². The summed E-state index contributed by atoms with van der Waals surface area (Å²) in [6.07, 6.45) is -3.04. The summed E-state index contributed by atoms with van der Waals surface area (Å²) in [6.45, 7) is 0. The molecule has 1 saturated heterocycles. The van der Waals surface area contributed by atoms with Gasteiger partial charge in [0.05, 0.1) is 10.5 Å². The first-order valence-electron chi connectivity index (χ1n) is 9.06. The van der Waals surface area contributed by atoms with Gasteiger partial charge >= 0.3 is 6.18 Å². The number of amidine groups is 1. The van der Waals surface area contributed by atoms with Crippen LogP contribution in [0.3, 0.4) is 0 Å². The lowest BCUT2D eigenvalue weighted by Crippen LogP contribution is -2.20. The Balaban J connectivity index is 1.52. The van der Waals surface area contributed by atoms with Crippen molar-refractivity contribution < 1.29 is 27.2 Å². The molecule has 162 valence electrons. The minimum atomic E-state index is -4.47. The number of furan rings is 1. The Morgan fingerprint density at radius 2 is 1.84 bits per heavy atom. The first kappa shape index (κ1) is 21.9. The predicted octanol–water partition coefficient (Wildman–Crippen LogP) is 6.02. The number of carbonyl (C=O) groups excluding carboxylic acids is 2. The molecule has 1 aliphatic heterocycles. The summed E-state index contributed by atoms with van der Waals surface area (Å²) in [7, 11) is 0. The molecule has 1 fully saturated rings. The second kappa shape index (κ2) is 8.68.